The minimum Gasteiger partial charge on any atom is -0.466 e. The van der Waals surface area contributed by atoms with E-state index in [2.05, 4.69) is 41.4 Å². The van der Waals surface area contributed by atoms with Gasteiger partial charge >= 0.3 is 0 Å². The van der Waals surface area contributed by atoms with Gasteiger partial charge in [-0.1, -0.05) is 20.8 Å². The van der Waals surface area contributed by atoms with Gasteiger partial charge in [-0.2, -0.15) is 0 Å². The van der Waals surface area contributed by atoms with Crippen LogP contribution in [0.2, 0.25) is 0 Å². The number of hydrogen-bond donors (Lipinski definition) is 2. The number of aromatic nitrogens is 1. The molecule has 2 N–H and O–H groups in total. The first-order valence-electron chi connectivity index (χ1n) is 8.33. The molecule has 0 radical (unpaired) electrons. The normalized spacial score (nSPS) is 12.5. The van der Waals surface area contributed by atoms with Gasteiger partial charge in [-0.3, -0.25) is 0 Å². The number of furan rings is 1. The maximum absolute atomic E-state index is 5.79. The molecule has 2 heterocycles. The lowest BCUT2D eigenvalue weighted by molar-refractivity contribution is 0.379. The molecule has 0 fully saturated rings. The fourth-order valence-corrected chi connectivity index (χ4v) is 2.24. The zero-order chi connectivity index (χ0) is 17.7. The molecule has 132 valence electrons. The van der Waals surface area contributed by atoms with Crippen molar-refractivity contribution in [3.05, 3.63) is 41.0 Å². The molecule has 24 heavy (non-hydrogen) atoms. The van der Waals surface area contributed by atoms with Crippen LogP contribution in [0, 0.1) is 13.8 Å². The van der Waals surface area contributed by atoms with Crippen molar-refractivity contribution < 1.29 is 8.83 Å². The van der Waals surface area contributed by atoms with Crippen LogP contribution in [-0.4, -0.2) is 17.5 Å². The maximum Gasteiger partial charge on any atom is 0.213 e. The van der Waals surface area contributed by atoms with Crippen molar-refractivity contribution in [3.8, 4) is 0 Å². The van der Waals surface area contributed by atoms with Gasteiger partial charge in [0.1, 0.15) is 17.3 Å². The van der Waals surface area contributed by atoms with E-state index in [0.29, 0.717) is 19.0 Å². The predicted molar refractivity (Wildman–Crippen MR) is 95.0 cm³/mol. The van der Waals surface area contributed by atoms with Gasteiger partial charge in [-0.15, -0.1) is 0 Å². The topological polar surface area (TPSA) is 75.6 Å². The van der Waals surface area contributed by atoms with Crippen LogP contribution in [-0.2, 0) is 18.5 Å². The first-order chi connectivity index (χ1) is 11.3. The molecular formula is C18H28N4O2. The van der Waals surface area contributed by atoms with Crippen LogP contribution in [0.4, 0.5) is 0 Å². The highest BCUT2D eigenvalue weighted by Gasteiger charge is 2.19. The number of guanidine groups is 1. The Kier molecular flexibility index (Phi) is 5.70. The minimum absolute atomic E-state index is 0.0412. The van der Waals surface area contributed by atoms with Gasteiger partial charge in [-0.05, 0) is 26.8 Å². The van der Waals surface area contributed by atoms with Crippen LogP contribution in [0.15, 0.2) is 26.1 Å². The molecule has 0 spiro atoms. The van der Waals surface area contributed by atoms with Crippen molar-refractivity contribution in [1.29, 1.82) is 0 Å². The smallest absolute Gasteiger partial charge is 0.213 e. The highest BCUT2D eigenvalue weighted by molar-refractivity contribution is 5.79. The molecule has 0 unspecified atom stereocenters. The molecule has 0 amide bonds. The Morgan fingerprint density at radius 1 is 1.21 bits per heavy atom. The number of oxazole rings is 1. The van der Waals surface area contributed by atoms with Gasteiger partial charge in [0.15, 0.2) is 5.96 Å². The number of hydrogen-bond acceptors (Lipinski definition) is 4. The average molecular weight is 332 g/mol. The van der Waals surface area contributed by atoms with E-state index in [-0.39, 0.29) is 5.41 Å². The van der Waals surface area contributed by atoms with Crippen molar-refractivity contribution in [1.82, 2.24) is 15.6 Å². The van der Waals surface area contributed by atoms with Crippen molar-refractivity contribution >= 4 is 5.96 Å². The molecule has 0 aliphatic heterocycles. The highest BCUT2D eigenvalue weighted by Crippen LogP contribution is 2.22. The van der Waals surface area contributed by atoms with Crippen LogP contribution < -0.4 is 10.6 Å². The molecule has 0 atom stereocenters. The van der Waals surface area contributed by atoms with Crippen LogP contribution >= 0.6 is 0 Å². The second-order valence-electron chi connectivity index (χ2n) is 6.86. The van der Waals surface area contributed by atoms with E-state index in [9.17, 15) is 0 Å². The highest BCUT2D eigenvalue weighted by atomic mass is 16.4. The number of aliphatic imine (C=N–C) groups is 1. The van der Waals surface area contributed by atoms with Crippen molar-refractivity contribution in [2.24, 2.45) is 4.99 Å². The van der Waals surface area contributed by atoms with Crippen LogP contribution in [0.3, 0.4) is 0 Å². The van der Waals surface area contributed by atoms with E-state index < -0.39 is 0 Å². The van der Waals surface area contributed by atoms with Crippen molar-refractivity contribution in [2.45, 2.75) is 60.0 Å². The van der Waals surface area contributed by atoms with Gasteiger partial charge in [-0.25, -0.2) is 9.98 Å². The lowest BCUT2D eigenvalue weighted by Gasteiger charge is -2.13. The van der Waals surface area contributed by atoms with Gasteiger partial charge in [0, 0.05) is 17.5 Å². The molecular weight excluding hydrogens is 304 g/mol. The summed E-state index contributed by atoms with van der Waals surface area (Å²) in [6.07, 6.45) is 1.79. The SMILES string of the molecule is CCNC(=NCc1cc(C)oc1C)NCc1ncc(C(C)(C)C)o1. The standard InChI is InChI=1S/C18H28N4O2/c1-7-19-17(21-9-14-8-12(2)23-13(14)3)22-11-16-20-10-15(24-16)18(4,5)6/h8,10H,7,9,11H2,1-6H3,(H2,19,21,22). The molecule has 6 nitrogen and oxygen atoms in total. The van der Waals surface area contributed by atoms with E-state index >= 15 is 0 Å². The molecule has 0 aromatic carbocycles. The molecule has 0 aliphatic rings. The Balaban J connectivity index is 1.99. The van der Waals surface area contributed by atoms with E-state index in [1.165, 1.54) is 0 Å². The van der Waals surface area contributed by atoms with Gasteiger partial charge in [0.2, 0.25) is 5.89 Å². The number of nitrogens with zero attached hydrogens (tertiary/aromatic N) is 2. The first kappa shape index (κ1) is 18.1. The predicted octanol–water partition coefficient (Wildman–Crippen LogP) is 3.44. The van der Waals surface area contributed by atoms with Crippen LogP contribution in [0.25, 0.3) is 0 Å². The summed E-state index contributed by atoms with van der Waals surface area (Å²) in [5.74, 6) is 4.08. The Bertz CT molecular complexity index is 692. The summed E-state index contributed by atoms with van der Waals surface area (Å²) in [6, 6.07) is 2.02. The number of nitrogens with one attached hydrogen (secondary N) is 2. The first-order valence-corrected chi connectivity index (χ1v) is 8.33. The summed E-state index contributed by atoms with van der Waals surface area (Å²) in [6.45, 7) is 14.1. The Morgan fingerprint density at radius 2 is 1.96 bits per heavy atom. The fourth-order valence-electron chi connectivity index (χ4n) is 2.24. The lowest BCUT2D eigenvalue weighted by Crippen LogP contribution is -2.36. The molecule has 2 aromatic rings. The Hall–Kier alpha value is -2.24. The molecule has 6 heteroatoms. The van der Waals surface area contributed by atoms with Crippen LogP contribution in [0.1, 0.15) is 56.4 Å². The maximum atomic E-state index is 5.79. The minimum atomic E-state index is -0.0412. The Morgan fingerprint density at radius 3 is 2.50 bits per heavy atom. The van der Waals surface area contributed by atoms with Crippen LogP contribution in [0.5, 0.6) is 0 Å². The monoisotopic (exact) mass is 332 g/mol. The van der Waals surface area contributed by atoms with E-state index in [4.69, 9.17) is 8.83 Å². The summed E-state index contributed by atoms with van der Waals surface area (Å²) >= 11 is 0. The molecule has 0 aliphatic carbocycles. The summed E-state index contributed by atoms with van der Waals surface area (Å²) in [5.41, 5.74) is 1.05. The summed E-state index contributed by atoms with van der Waals surface area (Å²) in [7, 11) is 0. The lowest BCUT2D eigenvalue weighted by atomic mass is 9.94. The second-order valence-corrected chi connectivity index (χ2v) is 6.86. The van der Waals surface area contributed by atoms with Crippen molar-refractivity contribution in [3.63, 3.8) is 0 Å². The summed E-state index contributed by atoms with van der Waals surface area (Å²) in [5, 5.41) is 6.48. The number of rotatable bonds is 5. The second kappa shape index (κ2) is 7.55. The third-order valence-corrected chi connectivity index (χ3v) is 3.60. The van der Waals surface area contributed by atoms with Gasteiger partial charge < -0.3 is 19.5 Å². The van der Waals surface area contributed by atoms with E-state index in [1.807, 2.05) is 26.8 Å². The summed E-state index contributed by atoms with van der Waals surface area (Å²) < 4.78 is 11.3. The number of aryl methyl sites for hydroxylation is 2. The zero-order valence-electron chi connectivity index (χ0n) is 15.5. The molecule has 0 saturated carbocycles. The summed E-state index contributed by atoms with van der Waals surface area (Å²) in [4.78, 5) is 8.92. The third kappa shape index (κ3) is 4.88. The molecule has 2 rings (SSSR count). The molecule has 0 bridgehead atoms. The zero-order valence-corrected chi connectivity index (χ0v) is 15.5. The quantitative estimate of drug-likeness (QED) is 0.648. The third-order valence-electron chi connectivity index (χ3n) is 3.60. The molecule has 2 aromatic heterocycles. The molecule has 0 saturated heterocycles. The Labute approximate surface area is 143 Å². The van der Waals surface area contributed by atoms with Gasteiger partial charge in [0.25, 0.3) is 0 Å². The fraction of sp³-hybridized carbons (Fsp3) is 0.556. The van der Waals surface area contributed by atoms with E-state index in [0.717, 1.165) is 35.3 Å². The average Bonchev–Trinajstić information content (AvgIpc) is 3.08. The van der Waals surface area contributed by atoms with Crippen molar-refractivity contribution in [2.75, 3.05) is 6.54 Å². The van der Waals surface area contributed by atoms with Gasteiger partial charge in [0.05, 0.1) is 19.3 Å². The van der Waals surface area contributed by atoms with E-state index in [1.54, 1.807) is 6.20 Å². The largest absolute Gasteiger partial charge is 0.466 e.